The molecule has 0 bridgehead atoms. The van der Waals surface area contributed by atoms with Gasteiger partial charge in [0.05, 0.1) is 0 Å². The molecule has 128 valence electrons. The van der Waals surface area contributed by atoms with Gasteiger partial charge in [0.2, 0.25) is 0 Å². The van der Waals surface area contributed by atoms with Gasteiger partial charge in [0, 0.05) is 11.4 Å². The molecule has 25 heavy (non-hydrogen) atoms. The molecule has 0 unspecified atom stereocenters. The van der Waals surface area contributed by atoms with Crippen LogP contribution in [0.2, 0.25) is 0 Å². The van der Waals surface area contributed by atoms with Gasteiger partial charge in [-0.05, 0) is 41.0 Å². The third kappa shape index (κ3) is 2.82. The van der Waals surface area contributed by atoms with Gasteiger partial charge in [-0.25, -0.2) is 0 Å². The first-order valence-corrected chi connectivity index (χ1v) is 7.70. The van der Waals surface area contributed by atoms with E-state index in [1.807, 2.05) is 0 Å². The molecule has 5 heteroatoms. The van der Waals surface area contributed by atoms with Crippen molar-refractivity contribution < 1.29 is 13.2 Å². The highest BCUT2D eigenvalue weighted by molar-refractivity contribution is 5.56. The lowest BCUT2D eigenvalue weighted by Crippen LogP contribution is -2.44. The van der Waals surface area contributed by atoms with E-state index < -0.39 is 11.6 Å². The fraction of sp³-hybridized carbons (Fsp3) is 0.100. The molecule has 0 saturated carbocycles. The Morgan fingerprint density at radius 1 is 0.520 bits per heavy atom. The molecule has 0 heterocycles. The van der Waals surface area contributed by atoms with Crippen LogP contribution in [-0.2, 0) is 5.41 Å². The summed E-state index contributed by atoms with van der Waals surface area (Å²) in [5.41, 5.74) is 10.2. The summed E-state index contributed by atoms with van der Waals surface area (Å²) in [6, 6.07) is 19.5. The number of nitrogen functional groups attached to an aromatic ring is 2. The van der Waals surface area contributed by atoms with Gasteiger partial charge >= 0.3 is 6.18 Å². The minimum atomic E-state index is -4.57. The molecule has 0 saturated heterocycles. The number of anilines is 2. The average molecular weight is 342 g/mol. The Morgan fingerprint density at radius 3 is 1.24 bits per heavy atom. The monoisotopic (exact) mass is 342 g/mol. The third-order valence-electron chi connectivity index (χ3n) is 4.32. The van der Waals surface area contributed by atoms with Crippen molar-refractivity contribution in [1.29, 1.82) is 0 Å². The lowest BCUT2D eigenvalue weighted by molar-refractivity contribution is -0.166. The number of alkyl halides is 3. The Hall–Kier alpha value is -2.95. The first-order valence-electron chi connectivity index (χ1n) is 7.70. The zero-order valence-corrected chi connectivity index (χ0v) is 13.3. The van der Waals surface area contributed by atoms with Gasteiger partial charge in [0.25, 0.3) is 0 Å². The molecule has 0 aromatic heterocycles. The van der Waals surface area contributed by atoms with Crippen molar-refractivity contribution in [3.8, 4) is 0 Å². The van der Waals surface area contributed by atoms with E-state index in [0.29, 0.717) is 11.4 Å². The molecule has 4 N–H and O–H groups in total. The van der Waals surface area contributed by atoms with Gasteiger partial charge in [-0.1, -0.05) is 54.6 Å². The van der Waals surface area contributed by atoms with Gasteiger partial charge < -0.3 is 11.5 Å². The molecule has 0 aliphatic heterocycles. The van der Waals surface area contributed by atoms with E-state index in [1.165, 1.54) is 60.7 Å². The molecule has 3 rings (SSSR count). The van der Waals surface area contributed by atoms with Crippen molar-refractivity contribution in [2.75, 3.05) is 11.5 Å². The van der Waals surface area contributed by atoms with Crippen LogP contribution >= 0.6 is 0 Å². The Bertz CT molecular complexity index is 793. The zero-order valence-electron chi connectivity index (χ0n) is 13.3. The second-order valence-corrected chi connectivity index (χ2v) is 5.86. The van der Waals surface area contributed by atoms with Gasteiger partial charge in [-0.2, -0.15) is 13.2 Å². The van der Waals surface area contributed by atoms with Crippen LogP contribution in [0.15, 0.2) is 78.9 Å². The molecule has 3 aromatic carbocycles. The van der Waals surface area contributed by atoms with E-state index >= 15 is 0 Å². The maximum Gasteiger partial charge on any atom is 0.406 e. The number of rotatable bonds is 3. The molecule has 0 fully saturated rings. The summed E-state index contributed by atoms with van der Waals surface area (Å²) < 4.78 is 43.7. The molecule has 2 nitrogen and oxygen atoms in total. The third-order valence-corrected chi connectivity index (χ3v) is 4.32. The highest BCUT2D eigenvalue weighted by Crippen LogP contribution is 2.51. The lowest BCUT2D eigenvalue weighted by atomic mass is 9.68. The maximum absolute atomic E-state index is 14.6. The van der Waals surface area contributed by atoms with Crippen LogP contribution in [0.4, 0.5) is 24.5 Å². The number of hydrogen-bond acceptors (Lipinski definition) is 2. The topological polar surface area (TPSA) is 52.0 Å². The number of halogens is 3. The van der Waals surface area contributed by atoms with Crippen molar-refractivity contribution in [3.63, 3.8) is 0 Å². The minimum absolute atomic E-state index is 0.102. The van der Waals surface area contributed by atoms with E-state index in [2.05, 4.69) is 0 Å². The molecule has 0 radical (unpaired) electrons. The van der Waals surface area contributed by atoms with Crippen LogP contribution in [0.1, 0.15) is 16.7 Å². The molecular formula is C20H17F3N2. The maximum atomic E-state index is 14.6. The van der Waals surface area contributed by atoms with Crippen LogP contribution in [0.25, 0.3) is 0 Å². The number of benzene rings is 3. The summed E-state index contributed by atoms with van der Waals surface area (Å²) in [6.45, 7) is 0. The molecule has 0 aliphatic rings. The molecule has 0 spiro atoms. The first kappa shape index (κ1) is 16.9. The molecule has 0 amide bonds. The summed E-state index contributed by atoms with van der Waals surface area (Å²) >= 11 is 0. The minimum Gasteiger partial charge on any atom is -0.399 e. The highest BCUT2D eigenvalue weighted by Gasteiger charge is 2.58. The van der Waals surface area contributed by atoms with E-state index in [9.17, 15) is 13.2 Å². The van der Waals surface area contributed by atoms with Gasteiger partial charge in [-0.3, -0.25) is 0 Å². The quantitative estimate of drug-likeness (QED) is 0.533. The van der Waals surface area contributed by atoms with Gasteiger partial charge in [-0.15, -0.1) is 0 Å². The number of nitrogens with two attached hydrogens (primary N) is 2. The largest absolute Gasteiger partial charge is 0.406 e. The Labute approximate surface area is 143 Å². The van der Waals surface area contributed by atoms with E-state index in [0.717, 1.165) is 0 Å². The first-order chi connectivity index (χ1) is 11.9. The second kappa shape index (κ2) is 6.16. The van der Waals surface area contributed by atoms with Crippen molar-refractivity contribution in [1.82, 2.24) is 0 Å². The summed E-state index contributed by atoms with van der Waals surface area (Å²) in [5, 5.41) is 0. The Balaban J connectivity index is 2.40. The molecular weight excluding hydrogens is 325 g/mol. The fourth-order valence-electron chi connectivity index (χ4n) is 3.15. The SMILES string of the molecule is Nc1ccc(C(c2ccccc2)(c2ccc(N)cc2)C(F)(F)F)cc1. The highest BCUT2D eigenvalue weighted by atomic mass is 19.4. The summed E-state index contributed by atoms with van der Waals surface area (Å²) in [7, 11) is 0. The second-order valence-electron chi connectivity index (χ2n) is 5.86. The van der Waals surface area contributed by atoms with E-state index in [4.69, 9.17) is 11.5 Å². The summed E-state index contributed by atoms with van der Waals surface area (Å²) in [5.74, 6) is 0. The van der Waals surface area contributed by atoms with Gasteiger partial charge in [0.1, 0.15) is 5.41 Å². The van der Waals surface area contributed by atoms with Crippen LogP contribution in [-0.4, -0.2) is 6.18 Å². The van der Waals surface area contributed by atoms with Crippen molar-refractivity contribution >= 4 is 11.4 Å². The van der Waals surface area contributed by atoms with Crippen LogP contribution in [0.5, 0.6) is 0 Å². The summed E-state index contributed by atoms with van der Waals surface area (Å²) in [6.07, 6.45) is -4.57. The normalized spacial score (nSPS) is 12.1. The lowest BCUT2D eigenvalue weighted by Gasteiger charge is -2.37. The van der Waals surface area contributed by atoms with Crippen molar-refractivity contribution in [3.05, 3.63) is 95.6 Å². The number of hydrogen-bond donors (Lipinski definition) is 2. The predicted octanol–water partition coefficient (Wildman–Crippen LogP) is 4.75. The van der Waals surface area contributed by atoms with Crippen LogP contribution < -0.4 is 11.5 Å². The predicted molar refractivity (Wildman–Crippen MR) is 94.1 cm³/mol. The zero-order chi connectivity index (χ0) is 18.1. The van der Waals surface area contributed by atoms with Crippen molar-refractivity contribution in [2.24, 2.45) is 0 Å². The smallest absolute Gasteiger partial charge is 0.399 e. The summed E-state index contributed by atoms with van der Waals surface area (Å²) in [4.78, 5) is 0. The van der Waals surface area contributed by atoms with Gasteiger partial charge in [0.15, 0.2) is 0 Å². The average Bonchev–Trinajstić information content (AvgIpc) is 2.58. The van der Waals surface area contributed by atoms with E-state index in [1.54, 1.807) is 18.2 Å². The van der Waals surface area contributed by atoms with Crippen molar-refractivity contribution in [2.45, 2.75) is 11.6 Å². The fourth-order valence-corrected chi connectivity index (χ4v) is 3.15. The van der Waals surface area contributed by atoms with Crippen LogP contribution in [0.3, 0.4) is 0 Å². The molecule has 3 aromatic rings. The molecule has 0 aliphatic carbocycles. The van der Waals surface area contributed by atoms with Crippen LogP contribution in [0, 0.1) is 0 Å². The standard InChI is InChI=1S/C20H17F3N2/c21-20(22,23)19(14-4-2-1-3-5-14,15-6-10-17(24)11-7-15)16-8-12-18(25)13-9-16/h1-13H,24-25H2. The Morgan fingerprint density at radius 2 is 0.880 bits per heavy atom. The van der Waals surface area contributed by atoms with E-state index in [-0.39, 0.29) is 16.7 Å². The molecule has 0 atom stereocenters. The Kier molecular flexibility index (Phi) is 4.17.